The first-order valence-electron chi connectivity index (χ1n) is 9.47. The zero-order valence-electron chi connectivity index (χ0n) is 16.8. The van der Waals surface area contributed by atoms with E-state index in [1.54, 1.807) is 11.5 Å². The predicted octanol–water partition coefficient (Wildman–Crippen LogP) is 3.16. The van der Waals surface area contributed by atoms with Crippen molar-refractivity contribution in [1.29, 1.82) is 5.41 Å². The van der Waals surface area contributed by atoms with Gasteiger partial charge in [-0.25, -0.2) is 0 Å². The number of aliphatic hydroxyl groups is 1. The number of aromatic nitrogens is 1. The Labute approximate surface area is 192 Å². The molecule has 1 aromatic heterocycles. The van der Waals surface area contributed by atoms with Crippen LogP contribution in [0.5, 0.6) is 0 Å². The standard InChI is InChI=1S/C22H19N3O3S3/c1-3-28-21(27)16-18(23)24(14-7-5-4-6-8-14)20(30-16)17-19(26)25(22(29)31-17)15-11-9-13(2)10-12-15/h4-12,23,27H,3H2,1-2H3/b20-17+,21-16?,23-18?. The van der Waals surface area contributed by atoms with Crippen LogP contribution < -0.4 is 19.6 Å². The van der Waals surface area contributed by atoms with Crippen molar-refractivity contribution in [3.8, 4) is 5.69 Å². The Balaban J connectivity index is 1.99. The number of aliphatic hydroxyl groups excluding tert-OH is 1. The number of amides is 1. The maximum absolute atomic E-state index is 13.4. The number of thioether (sulfide) groups is 1. The minimum atomic E-state index is -0.331. The zero-order valence-corrected chi connectivity index (χ0v) is 19.2. The molecule has 31 heavy (non-hydrogen) atoms. The summed E-state index contributed by atoms with van der Waals surface area (Å²) in [5, 5.41) is 19.0. The van der Waals surface area contributed by atoms with Crippen molar-refractivity contribution in [2.24, 2.45) is 0 Å². The predicted molar refractivity (Wildman–Crippen MR) is 129 cm³/mol. The van der Waals surface area contributed by atoms with E-state index in [1.165, 1.54) is 16.7 Å². The zero-order chi connectivity index (χ0) is 22.1. The molecule has 0 radical (unpaired) electrons. The summed E-state index contributed by atoms with van der Waals surface area (Å²) in [5.74, 6) is -0.588. The molecule has 0 saturated carbocycles. The summed E-state index contributed by atoms with van der Waals surface area (Å²) in [4.78, 5) is 15.3. The summed E-state index contributed by atoms with van der Waals surface area (Å²) >= 11 is 7.84. The number of hydrogen-bond donors (Lipinski definition) is 2. The molecule has 9 heteroatoms. The number of hydrogen-bond acceptors (Lipinski definition) is 7. The first-order chi connectivity index (χ1) is 14.9. The number of nitrogens with zero attached hydrogens (tertiary/aromatic N) is 2. The quantitative estimate of drug-likeness (QED) is 0.574. The summed E-state index contributed by atoms with van der Waals surface area (Å²) in [7, 11) is 0. The van der Waals surface area contributed by atoms with E-state index in [9.17, 15) is 9.90 Å². The number of thiocarbonyl (C=S) groups is 1. The fraction of sp³-hybridized carbons (Fsp3) is 0.136. The van der Waals surface area contributed by atoms with E-state index in [0.29, 0.717) is 25.3 Å². The molecular formula is C22H19N3O3S3. The second kappa shape index (κ2) is 8.70. The molecule has 0 spiro atoms. The van der Waals surface area contributed by atoms with Gasteiger partial charge in [0.2, 0.25) is 0 Å². The van der Waals surface area contributed by atoms with Crippen molar-refractivity contribution in [2.45, 2.75) is 13.8 Å². The van der Waals surface area contributed by atoms with Crippen molar-refractivity contribution in [1.82, 2.24) is 4.57 Å². The minimum Gasteiger partial charge on any atom is -0.480 e. The Bertz CT molecular complexity index is 1340. The SMILES string of the molecule is CCOC(O)=c1s/c(=C2/SC(=S)N(c3ccc(C)cc3)C2=O)n(-c2ccccc2)c1=N. The third-order valence-corrected chi connectivity index (χ3v) is 7.23. The largest absolute Gasteiger partial charge is 0.480 e. The van der Waals surface area contributed by atoms with Crippen molar-refractivity contribution in [3.63, 3.8) is 0 Å². The molecule has 1 fully saturated rings. The normalized spacial score (nSPS) is 16.6. The molecule has 158 valence electrons. The van der Waals surface area contributed by atoms with Crippen molar-refractivity contribution in [2.75, 3.05) is 11.5 Å². The second-order valence-electron chi connectivity index (χ2n) is 6.67. The van der Waals surface area contributed by atoms with Gasteiger partial charge in [0.1, 0.15) is 9.57 Å². The Hall–Kier alpha value is -2.88. The molecule has 0 aliphatic carbocycles. The first-order valence-corrected chi connectivity index (χ1v) is 11.5. The molecular weight excluding hydrogens is 450 g/mol. The Morgan fingerprint density at radius 2 is 1.81 bits per heavy atom. The summed E-state index contributed by atoms with van der Waals surface area (Å²) < 4.78 is 8.06. The molecule has 6 nitrogen and oxygen atoms in total. The Kier molecular flexibility index (Phi) is 5.99. The number of carbonyl (C=O) groups is 1. The van der Waals surface area contributed by atoms with E-state index in [1.807, 2.05) is 61.5 Å². The molecule has 0 bridgehead atoms. The molecule has 2 heterocycles. The van der Waals surface area contributed by atoms with Crippen LogP contribution >= 0.6 is 35.3 Å². The minimum absolute atomic E-state index is 0.0396. The van der Waals surface area contributed by atoms with Crippen LogP contribution in [0, 0.1) is 12.3 Å². The number of carbonyl (C=O) groups excluding carboxylic acids is 1. The van der Waals surface area contributed by atoms with E-state index in [-0.39, 0.29) is 28.5 Å². The number of thiazole rings is 1. The molecule has 1 amide bonds. The van der Waals surface area contributed by atoms with Crippen molar-refractivity contribution >= 4 is 62.1 Å². The molecule has 2 N–H and O–H groups in total. The van der Waals surface area contributed by atoms with Gasteiger partial charge in [-0.2, -0.15) is 0 Å². The number of benzene rings is 2. The maximum Gasteiger partial charge on any atom is 0.298 e. The topological polar surface area (TPSA) is 78.6 Å². The summed E-state index contributed by atoms with van der Waals surface area (Å²) in [6.07, 6.45) is 0. The molecule has 1 aliphatic rings. The fourth-order valence-corrected chi connectivity index (χ4v) is 5.62. The van der Waals surface area contributed by atoms with Crippen molar-refractivity contribution in [3.05, 3.63) is 74.8 Å². The third-order valence-electron chi connectivity index (χ3n) is 4.59. The average molecular weight is 470 g/mol. The molecule has 1 aliphatic heterocycles. The van der Waals surface area contributed by atoms with Crippen LogP contribution in [0.25, 0.3) is 16.5 Å². The van der Waals surface area contributed by atoms with Gasteiger partial charge in [-0.15, -0.1) is 11.3 Å². The summed E-state index contributed by atoms with van der Waals surface area (Å²) in [6, 6.07) is 16.8. The van der Waals surface area contributed by atoms with Crippen LogP contribution in [0.2, 0.25) is 0 Å². The second-order valence-corrected chi connectivity index (χ2v) is 9.31. The molecule has 3 aromatic rings. The highest BCUT2D eigenvalue weighted by molar-refractivity contribution is 8.31. The van der Waals surface area contributed by atoms with Gasteiger partial charge in [-0.3, -0.25) is 19.7 Å². The summed E-state index contributed by atoms with van der Waals surface area (Å²) in [5.41, 5.74) is 2.53. The van der Waals surface area contributed by atoms with Crippen LogP contribution in [0.1, 0.15) is 12.5 Å². The highest BCUT2D eigenvalue weighted by Crippen LogP contribution is 2.35. The Morgan fingerprint density at radius 3 is 2.45 bits per heavy atom. The van der Waals surface area contributed by atoms with E-state index >= 15 is 0 Å². The van der Waals surface area contributed by atoms with Gasteiger partial charge >= 0.3 is 0 Å². The number of ether oxygens (including phenoxy) is 1. The third kappa shape index (κ3) is 3.91. The number of nitrogens with one attached hydrogen (secondary N) is 1. The van der Waals surface area contributed by atoms with Gasteiger partial charge in [0.15, 0.2) is 14.3 Å². The van der Waals surface area contributed by atoms with Crippen LogP contribution in [-0.2, 0) is 9.53 Å². The first kappa shape index (κ1) is 21.4. The number of rotatable bonds is 4. The lowest BCUT2D eigenvalue weighted by atomic mass is 10.2. The number of anilines is 1. The maximum atomic E-state index is 13.4. The molecule has 1 saturated heterocycles. The molecule has 0 unspecified atom stereocenters. The average Bonchev–Trinajstić information content (AvgIpc) is 3.25. The van der Waals surface area contributed by atoms with Crippen LogP contribution in [-0.4, -0.2) is 26.5 Å². The van der Waals surface area contributed by atoms with Gasteiger partial charge < -0.3 is 9.84 Å². The van der Waals surface area contributed by atoms with Crippen LogP contribution in [0.3, 0.4) is 0 Å². The van der Waals surface area contributed by atoms with Gasteiger partial charge in [0.25, 0.3) is 11.9 Å². The number of para-hydroxylation sites is 1. The lowest BCUT2D eigenvalue weighted by molar-refractivity contribution is -0.112. The van der Waals surface area contributed by atoms with Gasteiger partial charge in [0, 0.05) is 5.69 Å². The van der Waals surface area contributed by atoms with Crippen LogP contribution in [0.15, 0.2) is 54.6 Å². The molecule has 4 rings (SSSR count). The smallest absolute Gasteiger partial charge is 0.298 e. The van der Waals surface area contributed by atoms with Gasteiger partial charge in [-0.05, 0) is 38.1 Å². The van der Waals surface area contributed by atoms with E-state index in [2.05, 4.69) is 0 Å². The van der Waals surface area contributed by atoms with E-state index in [0.717, 1.165) is 16.9 Å². The van der Waals surface area contributed by atoms with E-state index < -0.39 is 0 Å². The Morgan fingerprint density at radius 1 is 1.13 bits per heavy atom. The van der Waals surface area contributed by atoms with Gasteiger partial charge in [-0.1, -0.05) is 59.9 Å². The number of aryl methyl sites for hydroxylation is 1. The van der Waals surface area contributed by atoms with Crippen LogP contribution in [0.4, 0.5) is 5.69 Å². The lowest BCUT2D eigenvalue weighted by Gasteiger charge is -2.14. The fourth-order valence-electron chi connectivity index (χ4n) is 3.12. The summed E-state index contributed by atoms with van der Waals surface area (Å²) in [6.45, 7) is 4.00. The van der Waals surface area contributed by atoms with Crippen molar-refractivity contribution < 1.29 is 14.6 Å². The lowest BCUT2D eigenvalue weighted by Crippen LogP contribution is -2.33. The van der Waals surface area contributed by atoms with Gasteiger partial charge in [0.05, 0.1) is 12.3 Å². The highest BCUT2D eigenvalue weighted by atomic mass is 32.2. The highest BCUT2D eigenvalue weighted by Gasteiger charge is 2.35. The monoisotopic (exact) mass is 469 g/mol. The molecule has 2 aromatic carbocycles. The van der Waals surface area contributed by atoms with E-state index in [4.69, 9.17) is 22.4 Å². The molecule has 0 atom stereocenters.